The van der Waals surface area contributed by atoms with E-state index in [1.807, 2.05) is 0 Å². The predicted octanol–water partition coefficient (Wildman–Crippen LogP) is 3.14. The fraction of sp³-hybridized carbons (Fsp3) is 0.111. The first-order valence-corrected chi connectivity index (χ1v) is 7.77. The lowest BCUT2D eigenvalue weighted by Crippen LogP contribution is -2.32. The maximum atomic E-state index is 12.7. The van der Waals surface area contributed by atoms with Crippen LogP contribution in [-0.4, -0.2) is 26.0 Å². The van der Waals surface area contributed by atoms with E-state index in [2.05, 4.69) is 5.32 Å². The van der Waals surface area contributed by atoms with Crippen molar-refractivity contribution in [3.63, 3.8) is 0 Å². The highest BCUT2D eigenvalue weighted by molar-refractivity contribution is 6.53. The highest BCUT2D eigenvalue weighted by Gasteiger charge is 2.39. The lowest BCUT2D eigenvalue weighted by Gasteiger charge is -2.16. The largest absolute Gasteiger partial charge is 0.497 e. The molecule has 0 aromatic heterocycles. The van der Waals surface area contributed by atoms with Gasteiger partial charge in [0, 0.05) is 6.07 Å². The second-order valence-corrected chi connectivity index (χ2v) is 5.54. The first-order chi connectivity index (χ1) is 12.1. The number of nitrogens with zero attached hydrogens (tertiary/aromatic N) is 1. The fourth-order valence-electron chi connectivity index (χ4n) is 2.47. The summed E-state index contributed by atoms with van der Waals surface area (Å²) in [5.41, 5.74) is 0.901. The number of anilines is 2. The maximum absolute atomic E-state index is 12.7. The number of nitrogens with one attached hydrogen (secondary N) is 1. The van der Waals surface area contributed by atoms with Crippen LogP contribution >= 0.6 is 11.6 Å². The summed E-state index contributed by atoms with van der Waals surface area (Å²) in [5.74, 6) is -0.0683. The number of benzene rings is 2. The molecule has 25 heavy (non-hydrogen) atoms. The number of methoxy groups -OCH3 is 2. The van der Waals surface area contributed by atoms with Crippen molar-refractivity contribution in [2.75, 3.05) is 24.4 Å². The van der Waals surface area contributed by atoms with Crippen molar-refractivity contribution in [1.82, 2.24) is 0 Å². The smallest absolute Gasteiger partial charge is 0.283 e. The first-order valence-electron chi connectivity index (χ1n) is 7.39. The minimum absolute atomic E-state index is 0.0120. The van der Waals surface area contributed by atoms with Gasteiger partial charge in [0.25, 0.3) is 11.8 Å². The van der Waals surface area contributed by atoms with E-state index in [0.717, 1.165) is 4.90 Å². The van der Waals surface area contributed by atoms with E-state index in [0.29, 0.717) is 22.9 Å². The maximum Gasteiger partial charge on any atom is 0.283 e. The molecule has 1 aliphatic rings. The number of carbonyl (C=O) groups is 2. The lowest BCUT2D eigenvalue weighted by molar-refractivity contribution is -0.120. The molecule has 2 aromatic rings. The van der Waals surface area contributed by atoms with Gasteiger partial charge in [-0.05, 0) is 24.3 Å². The zero-order chi connectivity index (χ0) is 18.0. The van der Waals surface area contributed by atoms with Crippen molar-refractivity contribution in [3.8, 4) is 11.5 Å². The Morgan fingerprint density at radius 1 is 0.960 bits per heavy atom. The molecule has 0 fully saturated rings. The number of halogens is 1. The topological polar surface area (TPSA) is 67.9 Å². The lowest BCUT2D eigenvalue weighted by atomic mass is 10.2. The van der Waals surface area contributed by atoms with E-state index < -0.39 is 11.8 Å². The number of imide groups is 1. The van der Waals surface area contributed by atoms with E-state index in [1.54, 1.807) is 48.5 Å². The fourth-order valence-corrected chi connectivity index (χ4v) is 2.68. The van der Waals surface area contributed by atoms with Crippen LogP contribution in [0, 0.1) is 0 Å². The standard InChI is InChI=1S/C18H15ClN2O4/c1-24-12-8-9-14(25-2)13(10-12)20-16-15(19)17(22)21(18(16)23)11-6-4-3-5-7-11/h3-10,20H,1-2H3. The van der Waals surface area contributed by atoms with Gasteiger partial charge in [0.2, 0.25) is 0 Å². The van der Waals surface area contributed by atoms with Crippen LogP contribution in [0.3, 0.4) is 0 Å². The molecular formula is C18H15ClN2O4. The number of para-hydroxylation sites is 1. The summed E-state index contributed by atoms with van der Waals surface area (Å²) in [6, 6.07) is 13.6. The van der Waals surface area contributed by atoms with Crippen LogP contribution in [0.15, 0.2) is 59.3 Å². The number of ether oxygens (including phenoxy) is 2. The van der Waals surface area contributed by atoms with Crippen molar-refractivity contribution in [3.05, 3.63) is 59.3 Å². The zero-order valence-electron chi connectivity index (χ0n) is 13.6. The number of amides is 2. The van der Waals surface area contributed by atoms with Gasteiger partial charge in [0.15, 0.2) is 0 Å². The van der Waals surface area contributed by atoms with Crippen molar-refractivity contribution < 1.29 is 19.1 Å². The van der Waals surface area contributed by atoms with Crippen LogP contribution in [0.1, 0.15) is 0 Å². The Morgan fingerprint density at radius 3 is 2.32 bits per heavy atom. The van der Waals surface area contributed by atoms with Crippen LogP contribution in [0.2, 0.25) is 0 Å². The van der Waals surface area contributed by atoms with Crippen LogP contribution in [0.5, 0.6) is 11.5 Å². The zero-order valence-corrected chi connectivity index (χ0v) is 14.3. The molecule has 0 atom stereocenters. The summed E-state index contributed by atoms with van der Waals surface area (Å²) in [6.45, 7) is 0. The van der Waals surface area contributed by atoms with Gasteiger partial charge in [-0.15, -0.1) is 0 Å². The molecule has 0 radical (unpaired) electrons. The van der Waals surface area contributed by atoms with Crippen LogP contribution in [-0.2, 0) is 9.59 Å². The SMILES string of the molecule is COc1ccc(OC)c(NC2=C(Cl)C(=O)N(c3ccccc3)C2=O)c1. The van der Waals surface area contributed by atoms with Gasteiger partial charge >= 0.3 is 0 Å². The molecule has 0 saturated carbocycles. The molecule has 0 spiro atoms. The summed E-state index contributed by atoms with van der Waals surface area (Å²) < 4.78 is 10.4. The molecule has 7 heteroatoms. The van der Waals surface area contributed by atoms with Crippen molar-refractivity contribution in [2.24, 2.45) is 0 Å². The monoisotopic (exact) mass is 358 g/mol. The van der Waals surface area contributed by atoms with E-state index in [4.69, 9.17) is 21.1 Å². The summed E-state index contributed by atoms with van der Waals surface area (Å²) >= 11 is 6.12. The van der Waals surface area contributed by atoms with Gasteiger partial charge in [-0.25, -0.2) is 4.90 Å². The first kappa shape index (κ1) is 16.9. The average molecular weight is 359 g/mol. The van der Waals surface area contributed by atoms with Crippen LogP contribution in [0.25, 0.3) is 0 Å². The van der Waals surface area contributed by atoms with E-state index in [1.165, 1.54) is 14.2 Å². The number of carbonyl (C=O) groups excluding carboxylic acids is 2. The van der Waals surface area contributed by atoms with E-state index >= 15 is 0 Å². The second-order valence-electron chi connectivity index (χ2n) is 5.16. The Bertz CT molecular complexity index is 865. The van der Waals surface area contributed by atoms with Gasteiger partial charge in [-0.2, -0.15) is 0 Å². The molecule has 1 aliphatic heterocycles. The predicted molar refractivity (Wildman–Crippen MR) is 95.0 cm³/mol. The molecule has 3 rings (SSSR count). The molecule has 0 bridgehead atoms. The third-order valence-electron chi connectivity index (χ3n) is 3.71. The molecule has 1 N–H and O–H groups in total. The summed E-state index contributed by atoms with van der Waals surface area (Å²) in [6.07, 6.45) is 0. The van der Waals surface area contributed by atoms with Gasteiger partial charge in [0.1, 0.15) is 22.2 Å². The van der Waals surface area contributed by atoms with Crippen molar-refractivity contribution in [1.29, 1.82) is 0 Å². The molecular weight excluding hydrogens is 344 g/mol. The Labute approximate surface area is 149 Å². The van der Waals surface area contributed by atoms with Crippen molar-refractivity contribution >= 4 is 34.8 Å². The Morgan fingerprint density at radius 2 is 1.68 bits per heavy atom. The third kappa shape index (κ3) is 3.04. The van der Waals surface area contributed by atoms with Crippen molar-refractivity contribution in [2.45, 2.75) is 0 Å². The Kier molecular flexibility index (Phi) is 4.63. The quantitative estimate of drug-likeness (QED) is 0.832. The summed E-state index contributed by atoms with van der Waals surface area (Å²) in [4.78, 5) is 26.2. The minimum atomic E-state index is -0.581. The molecule has 2 aromatic carbocycles. The Balaban J connectivity index is 1.96. The number of rotatable bonds is 5. The summed E-state index contributed by atoms with van der Waals surface area (Å²) in [7, 11) is 3.03. The van der Waals surface area contributed by atoms with E-state index in [-0.39, 0.29) is 10.7 Å². The number of hydrogen-bond acceptors (Lipinski definition) is 5. The van der Waals surface area contributed by atoms with Gasteiger partial charge < -0.3 is 14.8 Å². The number of hydrogen-bond donors (Lipinski definition) is 1. The third-order valence-corrected chi connectivity index (χ3v) is 4.06. The Hall–Kier alpha value is -2.99. The highest BCUT2D eigenvalue weighted by Crippen LogP contribution is 2.34. The van der Waals surface area contributed by atoms with Crippen LogP contribution in [0.4, 0.5) is 11.4 Å². The minimum Gasteiger partial charge on any atom is -0.497 e. The van der Waals surface area contributed by atoms with Crippen LogP contribution < -0.4 is 19.7 Å². The molecule has 0 saturated heterocycles. The second kappa shape index (κ2) is 6.86. The molecule has 0 unspecified atom stereocenters. The molecule has 1 heterocycles. The summed E-state index contributed by atoms with van der Waals surface area (Å²) in [5, 5.41) is 2.71. The molecule has 2 amide bonds. The normalized spacial score (nSPS) is 14.1. The van der Waals surface area contributed by atoms with Gasteiger partial charge in [-0.3, -0.25) is 9.59 Å². The van der Waals surface area contributed by atoms with Gasteiger partial charge in [-0.1, -0.05) is 29.8 Å². The van der Waals surface area contributed by atoms with E-state index in [9.17, 15) is 9.59 Å². The molecule has 128 valence electrons. The average Bonchev–Trinajstić information content (AvgIpc) is 2.85. The van der Waals surface area contributed by atoms with Gasteiger partial charge in [0.05, 0.1) is 25.6 Å². The molecule has 6 nitrogen and oxygen atoms in total. The highest BCUT2D eigenvalue weighted by atomic mass is 35.5. The molecule has 0 aliphatic carbocycles.